The minimum absolute atomic E-state index is 0.211. The van der Waals surface area contributed by atoms with Gasteiger partial charge in [-0.25, -0.2) is 8.42 Å². The zero-order valence-corrected chi connectivity index (χ0v) is 14.1. The molecule has 5 heteroatoms. The van der Waals surface area contributed by atoms with E-state index in [0.717, 1.165) is 11.1 Å². The Labute approximate surface area is 137 Å². The fourth-order valence-electron chi connectivity index (χ4n) is 3.33. The molecule has 1 fully saturated rings. The van der Waals surface area contributed by atoms with Gasteiger partial charge in [0.1, 0.15) is 0 Å². The summed E-state index contributed by atoms with van der Waals surface area (Å²) in [5.74, 6) is -0.255. The third-order valence-corrected chi connectivity index (χ3v) is 6.85. The molecule has 2 aromatic rings. The molecule has 3 atom stereocenters. The van der Waals surface area contributed by atoms with Crippen molar-refractivity contribution in [1.29, 1.82) is 0 Å². The second-order valence-corrected chi connectivity index (χ2v) is 8.28. The average molecular weight is 331 g/mol. The van der Waals surface area contributed by atoms with Crippen molar-refractivity contribution in [2.75, 3.05) is 13.7 Å². The Morgan fingerprint density at radius 1 is 1.09 bits per heavy atom. The molecule has 1 saturated carbocycles. The first kappa shape index (κ1) is 16.2. The zero-order valence-electron chi connectivity index (χ0n) is 13.3. The van der Waals surface area contributed by atoms with Crippen LogP contribution in [0.3, 0.4) is 0 Å². The van der Waals surface area contributed by atoms with E-state index in [4.69, 9.17) is 10.5 Å². The molecular formula is C18H21NO3S. The molecule has 0 heterocycles. The van der Waals surface area contributed by atoms with E-state index in [1.807, 2.05) is 37.3 Å². The summed E-state index contributed by atoms with van der Waals surface area (Å²) in [4.78, 5) is 0.317. The van der Waals surface area contributed by atoms with Crippen molar-refractivity contribution in [3.05, 3.63) is 65.7 Å². The van der Waals surface area contributed by atoms with Crippen LogP contribution in [0.5, 0.6) is 0 Å². The molecule has 0 saturated heterocycles. The summed E-state index contributed by atoms with van der Waals surface area (Å²) in [5, 5.41) is -0.667. The van der Waals surface area contributed by atoms with Gasteiger partial charge in [-0.15, -0.1) is 0 Å². The molecule has 3 rings (SSSR count). The lowest BCUT2D eigenvalue weighted by atomic mass is 10.1. The Morgan fingerprint density at radius 3 is 2.26 bits per heavy atom. The number of rotatable bonds is 5. The third kappa shape index (κ3) is 2.69. The maximum absolute atomic E-state index is 13.0. The van der Waals surface area contributed by atoms with E-state index in [9.17, 15) is 8.42 Å². The Bertz CT molecular complexity index is 787. The summed E-state index contributed by atoms with van der Waals surface area (Å²) >= 11 is 0. The van der Waals surface area contributed by atoms with Crippen LogP contribution < -0.4 is 5.73 Å². The molecule has 0 aromatic heterocycles. The highest BCUT2D eigenvalue weighted by atomic mass is 32.2. The summed E-state index contributed by atoms with van der Waals surface area (Å²) < 4.78 is 31.3. The van der Waals surface area contributed by atoms with E-state index < -0.39 is 20.6 Å². The van der Waals surface area contributed by atoms with E-state index in [1.54, 1.807) is 31.4 Å². The normalized spacial score (nSPS) is 26.9. The smallest absolute Gasteiger partial charge is 0.183 e. The largest absolute Gasteiger partial charge is 0.383 e. The zero-order chi connectivity index (χ0) is 16.7. The highest BCUT2D eigenvalue weighted by molar-refractivity contribution is 7.92. The van der Waals surface area contributed by atoms with Crippen molar-refractivity contribution >= 4 is 9.84 Å². The summed E-state index contributed by atoms with van der Waals surface area (Å²) in [6.07, 6.45) is 0. The van der Waals surface area contributed by atoms with Crippen LogP contribution in [0.15, 0.2) is 59.5 Å². The van der Waals surface area contributed by atoms with Crippen LogP contribution in [0.4, 0.5) is 0 Å². The number of hydrogen-bond acceptors (Lipinski definition) is 4. The Kier molecular flexibility index (Phi) is 4.04. The van der Waals surface area contributed by atoms with Gasteiger partial charge in [-0.3, -0.25) is 0 Å². The van der Waals surface area contributed by atoms with Gasteiger partial charge in [0, 0.05) is 13.0 Å². The second kappa shape index (κ2) is 5.74. The highest BCUT2D eigenvalue weighted by Gasteiger charge is 2.69. The van der Waals surface area contributed by atoms with E-state index in [0.29, 0.717) is 4.90 Å². The first-order valence-corrected chi connectivity index (χ1v) is 9.09. The van der Waals surface area contributed by atoms with Gasteiger partial charge in [0.15, 0.2) is 9.84 Å². The number of sulfone groups is 1. The van der Waals surface area contributed by atoms with Gasteiger partial charge in [0.25, 0.3) is 0 Å². The maximum atomic E-state index is 13.0. The molecule has 0 spiro atoms. The predicted octanol–water partition coefficient (Wildman–Crippen LogP) is 2.28. The molecule has 4 nitrogen and oxygen atoms in total. The van der Waals surface area contributed by atoms with Gasteiger partial charge < -0.3 is 10.5 Å². The van der Waals surface area contributed by atoms with Crippen molar-refractivity contribution < 1.29 is 13.2 Å². The van der Waals surface area contributed by atoms with Gasteiger partial charge in [-0.05, 0) is 24.6 Å². The van der Waals surface area contributed by atoms with E-state index in [2.05, 4.69) is 0 Å². The lowest BCUT2D eigenvalue weighted by Gasteiger charge is -2.11. The lowest BCUT2D eigenvalue weighted by Crippen LogP contribution is -2.35. The molecule has 1 aliphatic rings. The van der Waals surface area contributed by atoms with E-state index >= 15 is 0 Å². The fraction of sp³-hybridized carbons (Fsp3) is 0.333. The monoisotopic (exact) mass is 331 g/mol. The Hall–Kier alpha value is -1.69. The van der Waals surface area contributed by atoms with Crippen molar-refractivity contribution in [1.82, 2.24) is 0 Å². The third-order valence-electron chi connectivity index (χ3n) is 4.54. The minimum atomic E-state index is -3.51. The van der Waals surface area contributed by atoms with Crippen LogP contribution in [-0.2, 0) is 14.6 Å². The minimum Gasteiger partial charge on any atom is -0.383 e. The molecule has 122 valence electrons. The Morgan fingerprint density at radius 2 is 1.70 bits per heavy atom. The van der Waals surface area contributed by atoms with E-state index in [1.165, 1.54) is 0 Å². The number of benzene rings is 2. The first-order chi connectivity index (χ1) is 10.9. The van der Waals surface area contributed by atoms with Crippen molar-refractivity contribution in [3.63, 3.8) is 0 Å². The van der Waals surface area contributed by atoms with Crippen molar-refractivity contribution in [2.45, 2.75) is 28.5 Å². The van der Waals surface area contributed by atoms with Crippen molar-refractivity contribution in [2.24, 2.45) is 5.73 Å². The predicted molar refractivity (Wildman–Crippen MR) is 90.1 cm³/mol. The molecule has 0 radical (unpaired) electrons. The maximum Gasteiger partial charge on any atom is 0.183 e. The van der Waals surface area contributed by atoms with Crippen LogP contribution in [0, 0.1) is 6.92 Å². The molecule has 2 N–H and O–H groups in total. The summed E-state index contributed by atoms with van der Waals surface area (Å²) in [5.41, 5.74) is 7.50. The molecule has 0 unspecified atom stereocenters. The molecule has 1 aliphatic carbocycles. The van der Waals surface area contributed by atoms with Crippen LogP contribution in [0.2, 0.25) is 0 Å². The summed E-state index contributed by atoms with van der Waals surface area (Å²) in [6.45, 7) is 2.14. The average Bonchev–Trinajstić information content (AvgIpc) is 3.15. The first-order valence-electron chi connectivity index (χ1n) is 7.54. The second-order valence-electron chi connectivity index (χ2n) is 6.21. The fourth-order valence-corrected chi connectivity index (χ4v) is 5.62. The Balaban J connectivity index is 2.01. The van der Waals surface area contributed by atoms with Crippen LogP contribution in [-0.4, -0.2) is 32.9 Å². The van der Waals surface area contributed by atoms with Crippen molar-refractivity contribution in [3.8, 4) is 0 Å². The number of ether oxygens (including phenoxy) is 1. The molecule has 0 bridgehead atoms. The number of hydrogen-bond donors (Lipinski definition) is 1. The topological polar surface area (TPSA) is 69.4 Å². The molecule has 0 amide bonds. The standard InChI is InChI=1S/C18H21NO3S/c1-13-8-10-15(11-9-13)23(20,21)17-16(18(17,19)12-22-2)14-6-4-3-5-7-14/h3-11,16-17H,12,19H2,1-2H3/t16-,17+,18+/m1/s1. The molecule has 2 aromatic carbocycles. The number of methoxy groups -OCH3 is 1. The number of aryl methyl sites for hydroxylation is 1. The van der Waals surface area contributed by atoms with Gasteiger partial charge >= 0.3 is 0 Å². The van der Waals surface area contributed by atoms with Crippen LogP contribution >= 0.6 is 0 Å². The van der Waals surface area contributed by atoms with E-state index in [-0.39, 0.29) is 12.5 Å². The quantitative estimate of drug-likeness (QED) is 0.912. The lowest BCUT2D eigenvalue weighted by molar-refractivity contribution is 0.171. The number of nitrogens with two attached hydrogens (primary N) is 1. The van der Waals surface area contributed by atoms with Crippen LogP contribution in [0.25, 0.3) is 0 Å². The summed E-state index contributed by atoms with van der Waals surface area (Å²) in [6, 6.07) is 16.5. The van der Waals surface area contributed by atoms with Gasteiger partial charge in [-0.1, -0.05) is 48.0 Å². The highest BCUT2D eigenvalue weighted by Crippen LogP contribution is 2.55. The molecule has 0 aliphatic heterocycles. The molecular weight excluding hydrogens is 310 g/mol. The van der Waals surface area contributed by atoms with Gasteiger partial charge in [-0.2, -0.15) is 0 Å². The SMILES string of the molecule is COC[C@]1(N)[C@H](c2ccccc2)[C@@H]1S(=O)(=O)c1ccc(C)cc1. The summed E-state index contributed by atoms with van der Waals surface area (Å²) in [7, 11) is -1.97. The molecule has 23 heavy (non-hydrogen) atoms. The van der Waals surface area contributed by atoms with Gasteiger partial charge in [0.2, 0.25) is 0 Å². The van der Waals surface area contributed by atoms with Crippen LogP contribution in [0.1, 0.15) is 17.0 Å². The van der Waals surface area contributed by atoms with Gasteiger partial charge in [0.05, 0.1) is 22.3 Å².